The third-order valence-electron chi connectivity index (χ3n) is 6.43. The maximum atomic E-state index is 13.2. The molecule has 0 unspecified atom stereocenters. The lowest BCUT2D eigenvalue weighted by atomic mass is 9.72. The van der Waals surface area contributed by atoms with E-state index < -0.39 is 10.0 Å². The van der Waals surface area contributed by atoms with Crippen molar-refractivity contribution in [1.29, 1.82) is 0 Å². The summed E-state index contributed by atoms with van der Waals surface area (Å²) in [6.07, 6.45) is 3.06. The van der Waals surface area contributed by atoms with Crippen molar-refractivity contribution in [1.82, 2.24) is 25.0 Å². The van der Waals surface area contributed by atoms with E-state index in [1.807, 2.05) is 6.92 Å². The molecule has 2 N–H and O–H groups in total. The Balaban J connectivity index is 1.55. The first-order valence-corrected chi connectivity index (χ1v) is 11.6. The highest BCUT2D eigenvalue weighted by Gasteiger charge is 2.46. The zero-order valence-corrected chi connectivity index (χ0v) is 18.1. The van der Waals surface area contributed by atoms with Crippen LogP contribution in [-0.2, 0) is 10.0 Å². The maximum absolute atomic E-state index is 13.2. The van der Waals surface area contributed by atoms with Crippen LogP contribution in [0.25, 0.3) is 0 Å². The number of aryl methyl sites for hydroxylation is 1. The standard InChI is InChI=1S/C20H27N5O4S/c1-12-4-7-19(18(8-12)29-3)30(27,28)23-16-6-5-13(2)14-10-25(11-15(14)16)20(26)17-9-21-24-22-17/h4,7-9,13-16,23H,5-6,10-11H2,1-3H3,(H,21,22,24)/t13-,14-,15-,16+/m1/s1. The summed E-state index contributed by atoms with van der Waals surface area (Å²) in [6.45, 7) is 5.16. The summed E-state index contributed by atoms with van der Waals surface area (Å²) in [5.74, 6) is 0.863. The minimum atomic E-state index is -3.76. The molecule has 1 saturated heterocycles. The molecule has 1 aliphatic heterocycles. The first-order valence-electron chi connectivity index (χ1n) is 10.1. The molecule has 2 heterocycles. The summed E-state index contributed by atoms with van der Waals surface area (Å²) in [5.41, 5.74) is 1.21. The van der Waals surface area contributed by atoms with Gasteiger partial charge in [0.25, 0.3) is 5.91 Å². The molecule has 2 aliphatic rings. The quantitative estimate of drug-likeness (QED) is 0.739. The largest absolute Gasteiger partial charge is 0.495 e. The van der Waals surface area contributed by atoms with Crippen LogP contribution in [0.4, 0.5) is 0 Å². The average Bonchev–Trinajstić information content (AvgIpc) is 3.40. The van der Waals surface area contributed by atoms with Crippen molar-refractivity contribution >= 4 is 15.9 Å². The Hall–Kier alpha value is -2.46. The number of hydrogen-bond donors (Lipinski definition) is 2. The van der Waals surface area contributed by atoms with Crippen LogP contribution in [0.1, 0.15) is 35.8 Å². The Morgan fingerprint density at radius 2 is 2.03 bits per heavy atom. The van der Waals surface area contributed by atoms with Gasteiger partial charge in [-0.25, -0.2) is 13.1 Å². The number of likely N-dealkylation sites (tertiary alicyclic amines) is 1. The van der Waals surface area contributed by atoms with E-state index in [9.17, 15) is 13.2 Å². The van der Waals surface area contributed by atoms with Crippen molar-refractivity contribution in [3.63, 3.8) is 0 Å². The van der Waals surface area contributed by atoms with E-state index in [1.165, 1.54) is 13.3 Å². The fourth-order valence-corrected chi connectivity index (χ4v) is 6.26. The van der Waals surface area contributed by atoms with Crippen LogP contribution in [0.15, 0.2) is 29.3 Å². The van der Waals surface area contributed by atoms with Crippen molar-refractivity contribution in [2.75, 3.05) is 20.2 Å². The Morgan fingerprint density at radius 1 is 1.27 bits per heavy atom. The van der Waals surface area contributed by atoms with E-state index in [4.69, 9.17) is 4.74 Å². The van der Waals surface area contributed by atoms with E-state index >= 15 is 0 Å². The molecule has 162 valence electrons. The fraction of sp³-hybridized carbons (Fsp3) is 0.550. The number of carbonyl (C=O) groups excluding carboxylic acids is 1. The van der Waals surface area contributed by atoms with Gasteiger partial charge in [0.05, 0.1) is 13.3 Å². The Kier molecular flexibility index (Phi) is 5.54. The molecule has 0 spiro atoms. The molecule has 1 aliphatic carbocycles. The van der Waals surface area contributed by atoms with Crippen molar-refractivity contribution in [3.05, 3.63) is 35.7 Å². The second kappa shape index (κ2) is 7.99. The molecule has 1 amide bonds. The number of nitrogens with one attached hydrogen (secondary N) is 2. The number of rotatable bonds is 5. The highest BCUT2D eigenvalue weighted by atomic mass is 32.2. The number of ether oxygens (including phenoxy) is 1. The second-order valence-corrected chi connectivity index (χ2v) is 10.0. The molecule has 2 aromatic rings. The predicted molar refractivity (Wildman–Crippen MR) is 110 cm³/mol. The van der Waals surface area contributed by atoms with E-state index in [0.29, 0.717) is 24.8 Å². The first-order chi connectivity index (χ1) is 14.3. The molecule has 1 aromatic heterocycles. The summed E-state index contributed by atoms with van der Waals surface area (Å²) in [4.78, 5) is 14.6. The minimum Gasteiger partial charge on any atom is -0.495 e. The van der Waals surface area contributed by atoms with E-state index in [0.717, 1.165) is 18.4 Å². The zero-order valence-electron chi connectivity index (χ0n) is 17.3. The number of benzene rings is 1. The molecule has 1 aromatic carbocycles. The van der Waals surface area contributed by atoms with Crippen LogP contribution < -0.4 is 9.46 Å². The molecule has 0 bridgehead atoms. The van der Waals surface area contributed by atoms with Gasteiger partial charge in [0.15, 0.2) is 5.69 Å². The van der Waals surface area contributed by atoms with Gasteiger partial charge in [-0.2, -0.15) is 15.4 Å². The summed E-state index contributed by atoms with van der Waals surface area (Å²) >= 11 is 0. The lowest BCUT2D eigenvalue weighted by Crippen LogP contribution is -2.47. The molecule has 9 nitrogen and oxygen atoms in total. The molecule has 10 heteroatoms. The molecule has 0 radical (unpaired) electrons. The first kappa shape index (κ1) is 20.8. The molecule has 30 heavy (non-hydrogen) atoms. The normalized spacial score (nSPS) is 26.4. The van der Waals surface area contributed by atoms with Crippen LogP contribution in [0, 0.1) is 24.7 Å². The summed E-state index contributed by atoms with van der Waals surface area (Å²) in [7, 11) is -2.29. The highest BCUT2D eigenvalue weighted by Crippen LogP contribution is 2.41. The lowest BCUT2D eigenvalue weighted by molar-refractivity contribution is 0.0776. The van der Waals surface area contributed by atoms with E-state index in [2.05, 4.69) is 27.1 Å². The number of amides is 1. The molecule has 1 saturated carbocycles. The van der Waals surface area contributed by atoms with Crippen LogP contribution >= 0.6 is 0 Å². The summed E-state index contributed by atoms with van der Waals surface area (Å²) < 4.78 is 34.6. The number of methoxy groups -OCH3 is 1. The van der Waals surface area contributed by atoms with Crippen LogP contribution in [-0.4, -0.2) is 60.9 Å². The molecule has 2 fully saturated rings. The number of fused-ring (bicyclic) bond motifs is 1. The monoisotopic (exact) mass is 433 g/mol. The van der Waals surface area contributed by atoms with Gasteiger partial charge >= 0.3 is 0 Å². The predicted octanol–water partition coefficient (Wildman–Crippen LogP) is 1.59. The Morgan fingerprint density at radius 3 is 2.73 bits per heavy atom. The molecule has 4 atom stereocenters. The van der Waals surface area contributed by atoms with Gasteiger partial charge < -0.3 is 9.64 Å². The van der Waals surface area contributed by atoms with Gasteiger partial charge in [0.2, 0.25) is 10.0 Å². The van der Waals surface area contributed by atoms with Crippen molar-refractivity contribution < 1.29 is 17.9 Å². The molecular weight excluding hydrogens is 406 g/mol. The molecular formula is C20H27N5O4S. The SMILES string of the molecule is COc1cc(C)ccc1S(=O)(=O)N[C@H]1CC[C@@H](C)[C@H]2CN(C(=O)c3cn[nH]n3)C[C@H]21. The van der Waals surface area contributed by atoms with Crippen molar-refractivity contribution in [3.8, 4) is 5.75 Å². The van der Waals surface area contributed by atoms with E-state index in [1.54, 1.807) is 23.1 Å². The average molecular weight is 434 g/mol. The Bertz CT molecular complexity index is 1020. The fourth-order valence-electron chi connectivity index (χ4n) is 4.79. The van der Waals surface area contributed by atoms with Crippen LogP contribution in [0.3, 0.4) is 0 Å². The van der Waals surface area contributed by atoms with Crippen LogP contribution in [0.2, 0.25) is 0 Å². The second-order valence-electron chi connectivity index (χ2n) is 8.33. The van der Waals surface area contributed by atoms with Gasteiger partial charge in [0, 0.05) is 19.1 Å². The number of sulfonamides is 1. The third kappa shape index (κ3) is 3.81. The number of hydrogen-bond acceptors (Lipinski definition) is 6. The maximum Gasteiger partial charge on any atom is 0.276 e. The smallest absolute Gasteiger partial charge is 0.276 e. The summed E-state index contributed by atoms with van der Waals surface area (Å²) in [6, 6.07) is 4.82. The summed E-state index contributed by atoms with van der Waals surface area (Å²) in [5, 5.41) is 10.1. The number of H-pyrrole nitrogens is 1. The Labute approximate surface area is 176 Å². The van der Waals surface area contributed by atoms with Crippen molar-refractivity contribution in [2.45, 2.75) is 37.6 Å². The third-order valence-corrected chi connectivity index (χ3v) is 7.96. The molecule has 4 rings (SSSR count). The highest BCUT2D eigenvalue weighted by molar-refractivity contribution is 7.89. The number of aromatic nitrogens is 3. The lowest BCUT2D eigenvalue weighted by Gasteiger charge is -2.37. The number of carbonyl (C=O) groups is 1. The zero-order chi connectivity index (χ0) is 21.5. The minimum absolute atomic E-state index is 0.0517. The van der Waals surface area contributed by atoms with Gasteiger partial charge in [-0.3, -0.25) is 4.79 Å². The van der Waals surface area contributed by atoms with Gasteiger partial charge in [0.1, 0.15) is 10.6 Å². The topological polar surface area (TPSA) is 117 Å². The van der Waals surface area contributed by atoms with E-state index in [-0.39, 0.29) is 34.4 Å². The number of nitrogens with zero attached hydrogens (tertiary/aromatic N) is 3. The van der Waals surface area contributed by atoms with Crippen molar-refractivity contribution in [2.24, 2.45) is 17.8 Å². The van der Waals surface area contributed by atoms with Gasteiger partial charge in [-0.15, -0.1) is 0 Å². The van der Waals surface area contributed by atoms with Crippen LogP contribution in [0.5, 0.6) is 5.75 Å². The van der Waals surface area contributed by atoms with Gasteiger partial charge in [-0.1, -0.05) is 13.0 Å². The number of aromatic amines is 1. The van der Waals surface area contributed by atoms with Gasteiger partial charge in [-0.05, 0) is 55.2 Å².